The molecule has 4 saturated carbocycles. The van der Waals surface area contributed by atoms with E-state index in [4.69, 9.17) is 42.6 Å². The van der Waals surface area contributed by atoms with Crippen LogP contribution in [0, 0.1) is 50.2 Å². The van der Waals surface area contributed by atoms with Gasteiger partial charge in [0, 0.05) is 23.5 Å². The highest BCUT2D eigenvalue weighted by Crippen LogP contribution is 2.76. The van der Waals surface area contributed by atoms with Gasteiger partial charge in [-0.1, -0.05) is 65.3 Å². The normalized spacial score (nSPS) is 48.5. The number of aliphatic carboxylic acids is 1. The number of carboxylic acid groups (broad SMARTS) is 1. The number of ether oxygens (including phenoxy) is 9. The summed E-state index contributed by atoms with van der Waals surface area (Å²) in [5.74, 6) is -4.82. The Morgan fingerprint density at radius 2 is 1.26 bits per heavy atom. The highest BCUT2D eigenvalue weighted by molar-refractivity contribution is 5.88. The molecule has 24 nitrogen and oxygen atoms in total. The maximum atomic E-state index is 13.4. The lowest BCUT2D eigenvalue weighted by Gasteiger charge is -2.73. The molecule has 0 aromatic rings. The maximum absolute atomic E-state index is 13.4. The summed E-state index contributed by atoms with van der Waals surface area (Å²) in [6.07, 6.45) is -22.2. The smallest absolute Gasteiger partial charge is 0.335 e. The lowest BCUT2D eigenvalue weighted by molar-refractivity contribution is -0.375. The molecular formula is C60H92O24. The lowest BCUT2D eigenvalue weighted by Crippen LogP contribution is -2.73. The maximum Gasteiger partial charge on any atom is 0.335 e. The van der Waals surface area contributed by atoms with Gasteiger partial charge in [-0.25, -0.2) is 14.4 Å². The first kappa shape index (κ1) is 66.4. The van der Waals surface area contributed by atoms with Crippen molar-refractivity contribution in [2.45, 2.75) is 245 Å². The summed E-state index contributed by atoms with van der Waals surface area (Å²) in [4.78, 5) is 52.3. The SMILES string of the molecule is CC=C(C)C(=O)O[C@@H]1[C@@H](O)[C@H](O[C@H]2[C@H](OC(C)=O)[C@]3(CO)[C@H](O)C[C@]4(C)C(=CC[C@@H]5[C@@]6(C)CC[C@H](O[C@@H]7O[C@H](C(=O)O)[C@@H](O)[C@H](O)[C@H]7O[C@@H]7O[C@H](CO)[C@@H](O)[C@H](O)[C@H]7O)[C@](C)(CO)[C@@H]6CC[C@]54C)[C@@H]3CC2(C)C)O[C@H](C)[C@@H]1OC(=O)C(C)=CC. The van der Waals surface area contributed by atoms with Gasteiger partial charge in [0.1, 0.15) is 61.0 Å². The van der Waals surface area contributed by atoms with E-state index in [1.807, 2.05) is 20.8 Å². The molecule has 0 aromatic heterocycles. The van der Waals surface area contributed by atoms with Gasteiger partial charge in [-0.2, -0.15) is 0 Å². The topological polar surface area (TPSA) is 374 Å². The van der Waals surface area contributed by atoms with E-state index < -0.39 is 199 Å². The third-order valence-corrected chi connectivity index (χ3v) is 22.0. The number of aliphatic hydroxyl groups is 10. The molecule has 3 heterocycles. The van der Waals surface area contributed by atoms with Crippen molar-refractivity contribution >= 4 is 23.9 Å². The number of rotatable bonds is 15. The quantitative estimate of drug-likeness (QED) is 0.0361. The Labute approximate surface area is 490 Å². The molecule has 0 bridgehead atoms. The van der Waals surface area contributed by atoms with Crippen LogP contribution in [0.25, 0.3) is 0 Å². The van der Waals surface area contributed by atoms with Crippen LogP contribution in [0.15, 0.2) is 34.9 Å². The molecule has 7 fully saturated rings. The molecule has 8 rings (SSSR count). The number of fused-ring (bicyclic) bond motifs is 7. The molecule has 0 aromatic carbocycles. The molecule has 3 saturated heterocycles. The molecule has 11 N–H and O–H groups in total. The second-order valence-electron chi connectivity index (χ2n) is 26.9. The van der Waals surface area contributed by atoms with E-state index in [9.17, 15) is 75.3 Å². The Morgan fingerprint density at radius 1 is 0.643 bits per heavy atom. The Kier molecular flexibility index (Phi) is 19.3. The average molecular weight is 1200 g/mol. The van der Waals surface area contributed by atoms with Crippen LogP contribution in [-0.2, 0) is 61.8 Å². The minimum Gasteiger partial charge on any atom is -0.479 e. The van der Waals surface area contributed by atoms with Crippen molar-refractivity contribution in [1.29, 1.82) is 0 Å². The molecule has 8 aliphatic rings. The second-order valence-corrected chi connectivity index (χ2v) is 26.9. The van der Waals surface area contributed by atoms with Crippen molar-refractivity contribution < 1.29 is 118 Å². The summed E-state index contributed by atoms with van der Waals surface area (Å²) in [7, 11) is 0. The number of carbonyl (C=O) groups is 4. The van der Waals surface area contributed by atoms with Crippen LogP contribution in [0.2, 0.25) is 0 Å². The van der Waals surface area contributed by atoms with Crippen molar-refractivity contribution in [2.75, 3.05) is 19.8 Å². The van der Waals surface area contributed by atoms with Crippen LogP contribution in [0.1, 0.15) is 128 Å². The summed E-state index contributed by atoms with van der Waals surface area (Å²) in [5.41, 5.74) is -3.96. The van der Waals surface area contributed by atoms with Gasteiger partial charge in [-0.15, -0.1) is 0 Å². The van der Waals surface area contributed by atoms with Gasteiger partial charge in [-0.05, 0) is 119 Å². The van der Waals surface area contributed by atoms with Gasteiger partial charge in [0.15, 0.2) is 37.2 Å². The van der Waals surface area contributed by atoms with Gasteiger partial charge >= 0.3 is 23.9 Å². The largest absolute Gasteiger partial charge is 0.479 e. The summed E-state index contributed by atoms with van der Waals surface area (Å²) >= 11 is 0. The standard InChI is InChI=1S/C60H92O24/c1-13-26(3)50(74)80-43-28(5)76-53(42(71)44(43)81-51(75)27(4)14-2)84-47-48(77-29(6)64)60(25-63)31(21-55(47,7)8)30-15-16-34-56(9)19-18-36(57(10,24-62)33(56)17-20-58(34,11)59(30,12)22-35(60)65)79-54-46(40(69)39(68)45(82-54)49(72)73)83-52-41(70)38(67)37(66)32(23-61)78-52/h13-15,28,31-48,52-54,61-63,65-71H,16-25H2,1-12H3,(H,72,73)/t28-,31+,32-,33-,34-,35-,36+,37-,38+,39+,40+,41-,42-,43+,44-,45+,46-,47+,48+,52+,53+,54-,56+,57-,58-,59-,60+/m1/s1. The second kappa shape index (κ2) is 24.4. The van der Waals surface area contributed by atoms with Crippen molar-refractivity contribution in [1.82, 2.24) is 0 Å². The predicted molar refractivity (Wildman–Crippen MR) is 291 cm³/mol. The van der Waals surface area contributed by atoms with Crippen molar-refractivity contribution in [3.05, 3.63) is 34.9 Å². The van der Waals surface area contributed by atoms with Crippen LogP contribution in [0.4, 0.5) is 0 Å². The number of hydrogen-bond donors (Lipinski definition) is 11. The molecule has 0 amide bonds. The number of allylic oxidation sites excluding steroid dienone is 4. The highest BCUT2D eigenvalue weighted by atomic mass is 16.8. The Hall–Kier alpha value is -3.54. The van der Waals surface area contributed by atoms with E-state index in [-0.39, 0.29) is 42.2 Å². The number of carboxylic acids is 1. The summed E-state index contributed by atoms with van der Waals surface area (Å²) in [6, 6.07) is 0. The zero-order chi connectivity index (χ0) is 62.3. The monoisotopic (exact) mass is 1200 g/mol. The third kappa shape index (κ3) is 10.8. The molecular weight excluding hydrogens is 1100 g/mol. The molecule has 84 heavy (non-hydrogen) atoms. The third-order valence-electron chi connectivity index (χ3n) is 22.0. The lowest BCUT2D eigenvalue weighted by atomic mass is 9.33. The minimum atomic E-state index is -2.07. The van der Waals surface area contributed by atoms with Crippen LogP contribution in [0.5, 0.6) is 0 Å². The molecule has 476 valence electrons. The molecule has 3 aliphatic heterocycles. The summed E-state index contributed by atoms with van der Waals surface area (Å²) in [6.45, 7) is 19.6. The van der Waals surface area contributed by atoms with E-state index >= 15 is 0 Å². The van der Waals surface area contributed by atoms with E-state index in [1.165, 1.54) is 19.9 Å². The predicted octanol–water partition coefficient (Wildman–Crippen LogP) is 1.22. The van der Waals surface area contributed by atoms with Crippen LogP contribution >= 0.6 is 0 Å². The number of aliphatic hydroxyl groups excluding tert-OH is 10. The first-order chi connectivity index (χ1) is 39.2. The molecule has 5 aliphatic carbocycles. The molecule has 0 unspecified atom stereocenters. The summed E-state index contributed by atoms with van der Waals surface area (Å²) in [5, 5.41) is 123. The fourth-order valence-electron chi connectivity index (χ4n) is 16.7. The Morgan fingerprint density at radius 3 is 1.83 bits per heavy atom. The van der Waals surface area contributed by atoms with Gasteiger partial charge in [0.05, 0.1) is 43.5 Å². The molecule has 0 radical (unpaired) electrons. The highest BCUT2D eigenvalue weighted by Gasteiger charge is 2.74. The fourth-order valence-corrected chi connectivity index (χ4v) is 16.7. The Balaban J connectivity index is 1.09. The summed E-state index contributed by atoms with van der Waals surface area (Å²) < 4.78 is 55.0. The minimum absolute atomic E-state index is 0.0905. The Bertz CT molecular complexity index is 2530. The zero-order valence-corrected chi connectivity index (χ0v) is 50.2. The van der Waals surface area contributed by atoms with Gasteiger partial charge in [0.25, 0.3) is 0 Å². The van der Waals surface area contributed by atoms with Crippen LogP contribution in [0.3, 0.4) is 0 Å². The van der Waals surface area contributed by atoms with Crippen molar-refractivity contribution in [3.63, 3.8) is 0 Å². The first-order valence-electron chi connectivity index (χ1n) is 29.5. The average Bonchev–Trinajstić information content (AvgIpc) is 0.803. The van der Waals surface area contributed by atoms with Gasteiger partial charge in [0.2, 0.25) is 0 Å². The fraction of sp³-hybridized carbons (Fsp3) is 0.833. The van der Waals surface area contributed by atoms with E-state index in [2.05, 4.69) is 26.8 Å². The molecule has 27 atom stereocenters. The van der Waals surface area contributed by atoms with Crippen LogP contribution in [-0.4, -0.2) is 216 Å². The first-order valence-corrected chi connectivity index (χ1v) is 29.5. The van der Waals surface area contributed by atoms with E-state index in [1.54, 1.807) is 33.8 Å². The number of carbonyl (C=O) groups excluding carboxylic acids is 3. The van der Waals surface area contributed by atoms with Gasteiger partial charge in [-0.3, -0.25) is 4.79 Å². The van der Waals surface area contributed by atoms with Crippen LogP contribution < -0.4 is 0 Å². The van der Waals surface area contributed by atoms with Crippen molar-refractivity contribution in [2.24, 2.45) is 50.2 Å². The van der Waals surface area contributed by atoms with Gasteiger partial charge < -0.3 is 98.8 Å². The number of esters is 3. The van der Waals surface area contributed by atoms with Crippen molar-refractivity contribution in [3.8, 4) is 0 Å². The zero-order valence-electron chi connectivity index (χ0n) is 50.2. The molecule has 0 spiro atoms. The van der Waals surface area contributed by atoms with E-state index in [0.717, 1.165) is 5.57 Å². The van der Waals surface area contributed by atoms with E-state index in [0.29, 0.717) is 25.7 Å². The number of hydrogen-bond acceptors (Lipinski definition) is 23. The molecule has 24 heteroatoms.